The molecule has 0 aliphatic carbocycles. The number of rotatable bonds is 7. The van der Waals surface area contributed by atoms with Crippen molar-refractivity contribution in [3.05, 3.63) is 83.3 Å². The summed E-state index contributed by atoms with van der Waals surface area (Å²) >= 11 is 0. The smallest absolute Gasteiger partial charge is 0.400 e. The molecule has 1 aliphatic rings. The van der Waals surface area contributed by atoms with Crippen molar-refractivity contribution in [3.63, 3.8) is 0 Å². The van der Waals surface area contributed by atoms with Crippen LogP contribution in [0.25, 0.3) is 0 Å². The van der Waals surface area contributed by atoms with Crippen molar-refractivity contribution in [2.45, 2.75) is 65.0 Å². The molecule has 0 radical (unpaired) electrons. The molecular formula is C24H31BO3. The maximum Gasteiger partial charge on any atom is 0.487 e. The first-order chi connectivity index (χ1) is 13.3. The van der Waals surface area contributed by atoms with Crippen LogP contribution in [0.1, 0.15) is 58.3 Å². The van der Waals surface area contributed by atoms with Crippen molar-refractivity contribution in [1.82, 2.24) is 0 Å². The van der Waals surface area contributed by atoms with Gasteiger partial charge in [-0.3, -0.25) is 0 Å². The van der Waals surface area contributed by atoms with Gasteiger partial charge < -0.3 is 14.0 Å². The van der Waals surface area contributed by atoms with E-state index in [1.807, 2.05) is 24.3 Å². The zero-order chi connectivity index (χ0) is 20.2. The fourth-order valence-corrected chi connectivity index (χ4v) is 3.26. The summed E-state index contributed by atoms with van der Waals surface area (Å²) in [5.74, 6) is 2.08. The average molecular weight is 378 g/mol. The third-order valence-electron chi connectivity index (χ3n) is 5.66. The van der Waals surface area contributed by atoms with E-state index in [-0.39, 0.29) is 24.4 Å². The molecule has 0 N–H and O–H groups in total. The van der Waals surface area contributed by atoms with Crippen molar-refractivity contribution < 1.29 is 14.0 Å². The van der Waals surface area contributed by atoms with E-state index < -0.39 is 0 Å². The van der Waals surface area contributed by atoms with Gasteiger partial charge in [-0.15, -0.1) is 0 Å². The molecular weight excluding hydrogens is 347 g/mol. The fourth-order valence-electron chi connectivity index (χ4n) is 3.26. The SMILES string of the molecule is C/C(=C\B1OC(C)(C)C(C)(C)O1)CC(OCc1ccccc1)c1ccccc1. The fraction of sp³-hybridized carbons (Fsp3) is 0.417. The first kappa shape index (κ1) is 20.8. The molecule has 0 spiro atoms. The lowest BCUT2D eigenvalue weighted by atomic mass is 9.85. The van der Waals surface area contributed by atoms with E-state index in [0.717, 1.165) is 6.42 Å². The highest BCUT2D eigenvalue weighted by molar-refractivity contribution is 6.51. The predicted molar refractivity (Wildman–Crippen MR) is 115 cm³/mol. The molecule has 1 fully saturated rings. The third-order valence-corrected chi connectivity index (χ3v) is 5.66. The standard InChI is InChI=1S/C24H31BO3/c1-19(17-25-27-23(2,3)24(4,5)28-25)16-22(21-14-10-7-11-15-21)26-18-20-12-8-6-9-13-20/h6-15,17,22H,16,18H2,1-5H3/b19-17+. The Balaban J connectivity index is 1.70. The van der Waals surface area contributed by atoms with E-state index in [4.69, 9.17) is 14.0 Å². The molecule has 1 aliphatic heterocycles. The molecule has 0 amide bonds. The lowest BCUT2D eigenvalue weighted by Crippen LogP contribution is -2.41. The summed E-state index contributed by atoms with van der Waals surface area (Å²) in [5.41, 5.74) is 2.91. The molecule has 2 aromatic carbocycles. The summed E-state index contributed by atoms with van der Waals surface area (Å²) in [7, 11) is -0.324. The number of benzene rings is 2. The molecule has 3 nitrogen and oxygen atoms in total. The van der Waals surface area contributed by atoms with E-state index in [1.165, 1.54) is 16.7 Å². The van der Waals surface area contributed by atoms with E-state index in [0.29, 0.717) is 6.61 Å². The molecule has 148 valence electrons. The van der Waals surface area contributed by atoms with Crippen LogP contribution in [-0.2, 0) is 20.7 Å². The van der Waals surface area contributed by atoms with Crippen molar-refractivity contribution in [2.75, 3.05) is 0 Å². The van der Waals surface area contributed by atoms with Crippen LogP contribution in [0.15, 0.2) is 72.2 Å². The first-order valence-electron chi connectivity index (χ1n) is 10.0. The van der Waals surface area contributed by atoms with E-state index in [9.17, 15) is 0 Å². The topological polar surface area (TPSA) is 27.7 Å². The molecule has 0 saturated carbocycles. The van der Waals surface area contributed by atoms with Crippen LogP contribution in [0.4, 0.5) is 0 Å². The molecule has 0 aromatic heterocycles. The summed E-state index contributed by atoms with van der Waals surface area (Å²) in [6.07, 6.45) is 0.779. The van der Waals surface area contributed by atoms with Crippen molar-refractivity contribution in [1.29, 1.82) is 0 Å². The Hall–Kier alpha value is -1.88. The van der Waals surface area contributed by atoms with Gasteiger partial charge in [-0.2, -0.15) is 0 Å². The van der Waals surface area contributed by atoms with Gasteiger partial charge >= 0.3 is 7.12 Å². The van der Waals surface area contributed by atoms with Crippen molar-refractivity contribution in [2.24, 2.45) is 0 Å². The van der Waals surface area contributed by atoms with Gasteiger partial charge in [0.25, 0.3) is 0 Å². The lowest BCUT2D eigenvalue weighted by Gasteiger charge is -2.32. The summed E-state index contributed by atoms with van der Waals surface area (Å²) in [5, 5.41) is 0. The van der Waals surface area contributed by atoms with Gasteiger partial charge in [-0.1, -0.05) is 72.2 Å². The summed E-state index contributed by atoms with van der Waals surface area (Å²) in [6, 6.07) is 20.7. The molecule has 0 bridgehead atoms. The molecule has 1 heterocycles. The van der Waals surface area contributed by atoms with Gasteiger partial charge in [-0.25, -0.2) is 0 Å². The van der Waals surface area contributed by atoms with Crippen LogP contribution < -0.4 is 0 Å². The Morgan fingerprint density at radius 1 is 0.929 bits per heavy atom. The average Bonchev–Trinajstić information content (AvgIpc) is 2.86. The zero-order valence-corrected chi connectivity index (χ0v) is 17.6. The number of hydrogen-bond acceptors (Lipinski definition) is 3. The van der Waals surface area contributed by atoms with Crippen LogP contribution in [-0.4, -0.2) is 18.3 Å². The Labute approximate surface area is 169 Å². The molecule has 1 unspecified atom stereocenters. The van der Waals surface area contributed by atoms with Gasteiger partial charge in [0.15, 0.2) is 0 Å². The maximum absolute atomic E-state index is 6.31. The van der Waals surface area contributed by atoms with Crippen molar-refractivity contribution in [3.8, 4) is 0 Å². The highest BCUT2D eigenvalue weighted by Gasteiger charge is 2.50. The monoisotopic (exact) mass is 378 g/mol. The van der Waals surface area contributed by atoms with Crippen LogP contribution >= 0.6 is 0 Å². The Kier molecular flexibility index (Phi) is 6.44. The van der Waals surface area contributed by atoms with Crippen molar-refractivity contribution >= 4 is 7.12 Å². The Morgan fingerprint density at radius 3 is 2.04 bits per heavy atom. The van der Waals surface area contributed by atoms with Crippen LogP contribution in [0.2, 0.25) is 0 Å². The molecule has 4 heteroatoms. The minimum Gasteiger partial charge on any atom is -0.400 e. The zero-order valence-electron chi connectivity index (χ0n) is 17.6. The highest BCUT2D eigenvalue weighted by Crippen LogP contribution is 2.37. The molecule has 2 aromatic rings. The predicted octanol–water partition coefficient (Wildman–Crippen LogP) is 5.91. The minimum atomic E-state index is -0.324. The second-order valence-corrected chi connectivity index (χ2v) is 8.54. The number of hydrogen-bond donors (Lipinski definition) is 0. The van der Waals surface area contributed by atoms with Gasteiger partial charge in [0.1, 0.15) is 0 Å². The number of ether oxygens (including phenoxy) is 1. The Bertz CT molecular complexity index is 768. The molecule has 3 rings (SSSR count). The quantitative estimate of drug-likeness (QED) is 0.561. The summed E-state index contributed by atoms with van der Waals surface area (Å²) < 4.78 is 18.5. The maximum atomic E-state index is 6.31. The second-order valence-electron chi connectivity index (χ2n) is 8.54. The molecule has 1 atom stereocenters. The summed E-state index contributed by atoms with van der Waals surface area (Å²) in [6.45, 7) is 11.0. The Morgan fingerprint density at radius 2 is 1.46 bits per heavy atom. The minimum absolute atomic E-state index is 0.0138. The normalized spacial score (nSPS) is 19.6. The van der Waals surface area contributed by atoms with Gasteiger partial charge in [0.05, 0.1) is 23.9 Å². The van der Waals surface area contributed by atoms with Gasteiger partial charge in [-0.05, 0) is 52.2 Å². The first-order valence-corrected chi connectivity index (χ1v) is 10.0. The van der Waals surface area contributed by atoms with E-state index >= 15 is 0 Å². The lowest BCUT2D eigenvalue weighted by molar-refractivity contribution is 0.00578. The van der Waals surface area contributed by atoms with Gasteiger partial charge in [0, 0.05) is 0 Å². The van der Waals surface area contributed by atoms with Gasteiger partial charge in [0.2, 0.25) is 0 Å². The highest BCUT2D eigenvalue weighted by atomic mass is 16.7. The third kappa shape index (κ3) is 5.13. The largest absolute Gasteiger partial charge is 0.487 e. The molecule has 28 heavy (non-hydrogen) atoms. The van der Waals surface area contributed by atoms with Crippen LogP contribution in [0.5, 0.6) is 0 Å². The van der Waals surface area contributed by atoms with E-state index in [1.54, 1.807) is 0 Å². The second kappa shape index (κ2) is 8.65. The summed E-state index contributed by atoms with van der Waals surface area (Å²) in [4.78, 5) is 0. The van der Waals surface area contributed by atoms with Crippen LogP contribution in [0, 0.1) is 0 Å². The molecule has 1 saturated heterocycles. The van der Waals surface area contributed by atoms with Crippen LogP contribution in [0.3, 0.4) is 0 Å². The van der Waals surface area contributed by atoms with E-state index in [2.05, 4.69) is 77.0 Å².